The van der Waals surface area contributed by atoms with Gasteiger partial charge in [-0.25, -0.2) is 4.98 Å². The maximum atomic E-state index is 6.68. The quantitative estimate of drug-likeness (QED) is 0.182. The minimum atomic E-state index is 0.794. The van der Waals surface area contributed by atoms with E-state index in [1.165, 1.54) is 65.3 Å². The average Bonchev–Trinajstić information content (AvgIpc) is 3.92. The van der Waals surface area contributed by atoms with Crippen LogP contribution in [0.3, 0.4) is 0 Å². The van der Waals surface area contributed by atoms with E-state index in [1.54, 1.807) is 0 Å². The molecule has 0 spiro atoms. The molecule has 0 N–H and O–H groups in total. The number of hydrogen-bond donors (Lipinski definition) is 0. The van der Waals surface area contributed by atoms with Gasteiger partial charge in [0.25, 0.3) is 0 Å². The van der Waals surface area contributed by atoms with Crippen LogP contribution in [-0.2, 0) is 0 Å². The van der Waals surface area contributed by atoms with Crippen LogP contribution < -0.4 is 0 Å². The molecule has 0 amide bonds. The minimum absolute atomic E-state index is 0.794. The van der Waals surface area contributed by atoms with Gasteiger partial charge in [-0.2, -0.15) is 0 Å². The highest BCUT2D eigenvalue weighted by atomic mass is 16.3. The highest BCUT2D eigenvalue weighted by molar-refractivity contribution is 6.22. The van der Waals surface area contributed by atoms with Crippen LogP contribution in [0.5, 0.6) is 0 Å². The molecule has 57 heavy (non-hydrogen) atoms. The van der Waals surface area contributed by atoms with Crippen LogP contribution in [-0.4, -0.2) is 14.1 Å². The summed E-state index contributed by atoms with van der Waals surface area (Å²) in [6, 6.07) is 67.9. The van der Waals surface area contributed by atoms with E-state index in [0.29, 0.717) is 0 Å². The van der Waals surface area contributed by atoms with E-state index in [-0.39, 0.29) is 0 Å². The van der Waals surface area contributed by atoms with Crippen molar-refractivity contribution < 1.29 is 4.42 Å². The summed E-state index contributed by atoms with van der Waals surface area (Å²) in [6.07, 6.45) is 0. The molecule has 264 valence electrons. The Balaban J connectivity index is 1.07. The molecule has 0 radical (unpaired) electrons. The highest BCUT2D eigenvalue weighted by Crippen LogP contribution is 2.43. The van der Waals surface area contributed by atoms with Gasteiger partial charge in [-0.1, -0.05) is 121 Å². The first kappa shape index (κ1) is 30.6. The van der Waals surface area contributed by atoms with E-state index >= 15 is 0 Å². The topological polar surface area (TPSA) is 35.9 Å². The molecule has 0 aliphatic heterocycles. The number of nitrogens with zero attached hydrogens (tertiary/aromatic N) is 3. The van der Waals surface area contributed by atoms with Crippen molar-refractivity contribution in [2.24, 2.45) is 0 Å². The largest absolute Gasteiger partial charge is 0.452 e. The Labute approximate surface area is 326 Å². The minimum Gasteiger partial charge on any atom is -0.452 e. The first-order chi connectivity index (χ1) is 28.3. The number of para-hydroxylation sites is 3. The molecule has 0 unspecified atom stereocenters. The lowest BCUT2D eigenvalue weighted by molar-refractivity contribution is 0.666. The summed E-state index contributed by atoms with van der Waals surface area (Å²) in [7, 11) is 0. The molecule has 0 saturated heterocycles. The number of aromatic nitrogens is 3. The number of pyridine rings is 1. The van der Waals surface area contributed by atoms with Crippen molar-refractivity contribution in [3.05, 3.63) is 188 Å². The molecule has 0 aliphatic carbocycles. The van der Waals surface area contributed by atoms with Gasteiger partial charge in [0, 0.05) is 38.0 Å². The van der Waals surface area contributed by atoms with Gasteiger partial charge in [0.05, 0.1) is 27.6 Å². The fourth-order valence-corrected chi connectivity index (χ4v) is 9.50. The Kier molecular flexibility index (Phi) is 6.13. The number of hydrogen-bond acceptors (Lipinski definition) is 2. The van der Waals surface area contributed by atoms with Gasteiger partial charge in [0.2, 0.25) is 0 Å². The summed E-state index contributed by atoms with van der Waals surface area (Å²) in [5, 5.41) is 11.9. The highest BCUT2D eigenvalue weighted by Gasteiger charge is 2.22. The Morgan fingerprint density at radius 1 is 0.386 bits per heavy atom. The number of fused-ring (bicyclic) bond motifs is 13. The zero-order valence-electron chi connectivity index (χ0n) is 30.6. The molecule has 4 nitrogen and oxygen atoms in total. The van der Waals surface area contributed by atoms with Gasteiger partial charge in [0.15, 0.2) is 5.58 Å². The summed E-state index contributed by atoms with van der Waals surface area (Å²) in [5.74, 6) is 0. The van der Waals surface area contributed by atoms with Gasteiger partial charge in [-0.05, 0) is 99.4 Å². The molecule has 9 aromatic carbocycles. The molecule has 13 rings (SSSR count). The van der Waals surface area contributed by atoms with Crippen LogP contribution in [0.2, 0.25) is 0 Å². The van der Waals surface area contributed by atoms with Crippen LogP contribution in [0.4, 0.5) is 0 Å². The molecule has 4 heterocycles. The Morgan fingerprint density at radius 2 is 1.00 bits per heavy atom. The lowest BCUT2D eigenvalue weighted by Crippen LogP contribution is -1.97. The Morgan fingerprint density at radius 3 is 1.86 bits per heavy atom. The molecule has 4 heteroatoms. The van der Waals surface area contributed by atoms with Crippen molar-refractivity contribution in [3.8, 4) is 22.5 Å². The van der Waals surface area contributed by atoms with E-state index in [9.17, 15) is 0 Å². The van der Waals surface area contributed by atoms with E-state index in [4.69, 9.17) is 9.40 Å². The van der Waals surface area contributed by atoms with Gasteiger partial charge in [-0.15, -0.1) is 0 Å². The third-order valence-corrected chi connectivity index (χ3v) is 12.1. The fraction of sp³-hybridized carbons (Fsp3) is 0. The molecule has 0 aliphatic rings. The molecule has 0 saturated carbocycles. The fourth-order valence-electron chi connectivity index (χ4n) is 9.50. The standard InChI is InChI=1S/C53H31N3O/c1-2-13-34-29-37(25-21-32(34)11-1)55-47-27-24-36(31-43(47)50-38-14-4-3-12-33(38)22-28-48(50)55)35-23-26-46-42(30-35)39-15-6-9-19-45(39)56(46)52-40-16-5-8-18-44(40)54-51-41-17-7-10-20-49(41)57-53(51)52/h1-31H. The zero-order valence-corrected chi connectivity index (χ0v) is 30.6. The van der Waals surface area contributed by atoms with Crippen molar-refractivity contribution in [2.45, 2.75) is 0 Å². The molecule has 0 atom stereocenters. The predicted molar refractivity (Wildman–Crippen MR) is 238 cm³/mol. The SMILES string of the molecule is c1ccc2cc(-n3c4ccc(-c5ccc6c(c5)c5ccccc5n6-c5c6ccccc6nc6c5oc5ccccc56)cc4c4c5ccccc5ccc43)ccc2c1. The number of furan rings is 1. The number of rotatable bonds is 3. The smallest absolute Gasteiger partial charge is 0.178 e. The second-order valence-corrected chi connectivity index (χ2v) is 15.1. The Hall–Kier alpha value is -7.69. The first-order valence-electron chi connectivity index (χ1n) is 19.5. The monoisotopic (exact) mass is 725 g/mol. The van der Waals surface area contributed by atoms with Gasteiger partial charge in [-0.3, -0.25) is 0 Å². The second kappa shape index (κ2) is 11.4. The van der Waals surface area contributed by atoms with Crippen molar-refractivity contribution in [2.75, 3.05) is 0 Å². The van der Waals surface area contributed by atoms with Crippen molar-refractivity contribution >= 4 is 98.1 Å². The van der Waals surface area contributed by atoms with Crippen LogP contribution in [0, 0.1) is 0 Å². The van der Waals surface area contributed by atoms with Crippen LogP contribution in [0.15, 0.2) is 192 Å². The molecular formula is C53H31N3O. The Bertz CT molecular complexity index is 3820. The molecule has 0 fully saturated rings. The van der Waals surface area contributed by atoms with Gasteiger partial charge >= 0.3 is 0 Å². The first-order valence-corrected chi connectivity index (χ1v) is 19.5. The van der Waals surface area contributed by atoms with Crippen molar-refractivity contribution in [3.63, 3.8) is 0 Å². The van der Waals surface area contributed by atoms with E-state index in [0.717, 1.165) is 55.4 Å². The van der Waals surface area contributed by atoms with Crippen LogP contribution in [0.1, 0.15) is 0 Å². The van der Waals surface area contributed by atoms with Crippen LogP contribution >= 0.6 is 0 Å². The normalized spacial score (nSPS) is 12.2. The van der Waals surface area contributed by atoms with Crippen molar-refractivity contribution in [1.82, 2.24) is 14.1 Å². The average molecular weight is 726 g/mol. The van der Waals surface area contributed by atoms with Gasteiger partial charge < -0.3 is 13.6 Å². The summed E-state index contributed by atoms with van der Waals surface area (Å²) >= 11 is 0. The lowest BCUT2D eigenvalue weighted by Gasteiger charge is -2.12. The third kappa shape index (κ3) is 4.30. The lowest BCUT2D eigenvalue weighted by atomic mass is 9.99. The van der Waals surface area contributed by atoms with E-state index in [1.807, 2.05) is 12.1 Å². The zero-order chi connectivity index (χ0) is 37.2. The van der Waals surface area contributed by atoms with E-state index < -0.39 is 0 Å². The maximum absolute atomic E-state index is 6.68. The van der Waals surface area contributed by atoms with Gasteiger partial charge in [0.1, 0.15) is 16.8 Å². The summed E-state index contributed by atoms with van der Waals surface area (Å²) in [5.41, 5.74) is 12.6. The summed E-state index contributed by atoms with van der Waals surface area (Å²) in [6.45, 7) is 0. The molecule has 0 bridgehead atoms. The van der Waals surface area contributed by atoms with Crippen molar-refractivity contribution in [1.29, 1.82) is 0 Å². The second-order valence-electron chi connectivity index (χ2n) is 15.1. The predicted octanol–water partition coefficient (Wildman–Crippen LogP) is 14.3. The molecule has 4 aromatic heterocycles. The third-order valence-electron chi connectivity index (χ3n) is 12.1. The van der Waals surface area contributed by atoms with Crippen LogP contribution in [0.25, 0.3) is 121 Å². The molecular weight excluding hydrogens is 695 g/mol. The maximum Gasteiger partial charge on any atom is 0.178 e. The van der Waals surface area contributed by atoms with E-state index in [2.05, 4.69) is 185 Å². The number of benzene rings is 9. The molecule has 13 aromatic rings. The summed E-state index contributed by atoms with van der Waals surface area (Å²) in [4.78, 5) is 5.14. The summed E-state index contributed by atoms with van der Waals surface area (Å²) < 4.78 is 11.5.